The van der Waals surface area contributed by atoms with Crippen molar-refractivity contribution in [3.8, 4) is 5.75 Å². The quantitative estimate of drug-likeness (QED) is 0.473. The van der Waals surface area contributed by atoms with Gasteiger partial charge < -0.3 is 15.2 Å². The lowest BCUT2D eigenvalue weighted by atomic mass is 9.72. The Morgan fingerprint density at radius 3 is 2.25 bits per heavy atom. The molecule has 0 aliphatic carbocycles. The van der Waals surface area contributed by atoms with Gasteiger partial charge in [0.15, 0.2) is 6.23 Å². The van der Waals surface area contributed by atoms with Crippen molar-refractivity contribution in [2.45, 2.75) is 58.7 Å². The Morgan fingerprint density at radius 2 is 1.69 bits per heavy atom. The van der Waals surface area contributed by atoms with Crippen LogP contribution in [0, 0.1) is 5.41 Å². The number of nitrogens with zero attached hydrogens (tertiary/aromatic N) is 1. The number of aromatic hydroxyl groups is 1. The number of esters is 1. The maximum atomic E-state index is 13.1. The predicted octanol–water partition coefficient (Wildman–Crippen LogP) is 4.31. The van der Waals surface area contributed by atoms with Gasteiger partial charge in [-0.05, 0) is 42.5 Å². The number of hydrogen-bond acceptors (Lipinski definition) is 5. The highest BCUT2D eigenvalue weighted by Crippen LogP contribution is 2.46. The number of phenolic OH excluding ortho intramolecular Hbond substituents is 1. The Morgan fingerprint density at radius 1 is 1.06 bits per heavy atom. The first-order chi connectivity index (χ1) is 15.4. The second-order valence-electron chi connectivity index (χ2n) is 8.04. The number of nitrogens with one attached hydrogen (secondary N) is 1. The molecule has 0 spiro atoms. The molecule has 32 heavy (non-hydrogen) atoms. The molecule has 1 unspecified atom stereocenters. The molecule has 1 heterocycles. The predicted molar refractivity (Wildman–Crippen MR) is 120 cm³/mol. The highest BCUT2D eigenvalue weighted by Gasteiger charge is 2.63. The van der Waals surface area contributed by atoms with Crippen LogP contribution < -0.4 is 5.32 Å². The number of β-lactam (4-membered cyclic amide) rings is 1. The lowest BCUT2D eigenvalue weighted by molar-refractivity contribution is -0.211. The van der Waals surface area contributed by atoms with Gasteiger partial charge in [-0.15, -0.1) is 0 Å². The number of benzene rings is 2. The zero-order valence-electron chi connectivity index (χ0n) is 18.7. The number of urea groups is 1. The summed E-state index contributed by atoms with van der Waals surface area (Å²) in [5.41, 5.74) is 0.703. The molecule has 0 radical (unpaired) electrons. The summed E-state index contributed by atoms with van der Waals surface area (Å²) in [7, 11) is 0. The van der Waals surface area contributed by atoms with Crippen LogP contribution in [-0.2, 0) is 20.7 Å². The van der Waals surface area contributed by atoms with Gasteiger partial charge in [0, 0.05) is 0 Å². The van der Waals surface area contributed by atoms with Gasteiger partial charge in [0.1, 0.15) is 11.2 Å². The summed E-state index contributed by atoms with van der Waals surface area (Å²) in [6.45, 7) is 5.67. The van der Waals surface area contributed by atoms with E-state index in [4.69, 9.17) is 4.74 Å². The van der Waals surface area contributed by atoms with Gasteiger partial charge in [-0.1, -0.05) is 63.2 Å². The number of carbonyl (C=O) groups excluding carboxylic acids is 3. The van der Waals surface area contributed by atoms with Gasteiger partial charge in [0.05, 0.1) is 12.5 Å². The van der Waals surface area contributed by atoms with Crippen molar-refractivity contribution < 1.29 is 24.2 Å². The van der Waals surface area contributed by atoms with Gasteiger partial charge in [0.2, 0.25) is 5.91 Å². The van der Waals surface area contributed by atoms with E-state index in [9.17, 15) is 19.5 Å². The minimum absolute atomic E-state index is 0.0223. The van der Waals surface area contributed by atoms with E-state index in [0.717, 1.165) is 10.5 Å². The van der Waals surface area contributed by atoms with Gasteiger partial charge >= 0.3 is 12.0 Å². The molecule has 0 saturated carbocycles. The molecule has 2 atom stereocenters. The van der Waals surface area contributed by atoms with E-state index >= 15 is 0 Å². The Balaban J connectivity index is 1.76. The van der Waals surface area contributed by atoms with Crippen LogP contribution in [-0.4, -0.2) is 34.1 Å². The molecule has 1 saturated heterocycles. The fourth-order valence-corrected chi connectivity index (χ4v) is 4.17. The SMILES string of the molecule is CC[C@@H](NC(=O)N1C(=O)C(CC)(CC)C1OC(=O)Cc1ccc(O)cc1)c1ccccc1. The molecule has 2 aromatic carbocycles. The number of carbonyl (C=O) groups is 3. The molecule has 1 aliphatic heterocycles. The molecule has 2 aromatic rings. The lowest BCUT2D eigenvalue weighted by Gasteiger charge is -2.52. The second kappa shape index (κ2) is 9.85. The largest absolute Gasteiger partial charge is 0.508 e. The number of ether oxygens (including phenoxy) is 1. The van der Waals surface area contributed by atoms with E-state index in [1.807, 2.05) is 51.1 Å². The Kier molecular flexibility index (Phi) is 7.18. The van der Waals surface area contributed by atoms with Crippen molar-refractivity contribution in [3.05, 3.63) is 65.7 Å². The summed E-state index contributed by atoms with van der Waals surface area (Å²) in [4.78, 5) is 39.8. The molecule has 3 amide bonds. The number of phenols is 1. The topological polar surface area (TPSA) is 95.9 Å². The fraction of sp³-hybridized carbons (Fsp3) is 0.400. The normalized spacial score (nSPS) is 17.9. The van der Waals surface area contributed by atoms with Gasteiger partial charge in [-0.3, -0.25) is 9.59 Å². The van der Waals surface area contributed by atoms with E-state index in [1.165, 1.54) is 12.1 Å². The molecule has 1 fully saturated rings. The summed E-state index contributed by atoms with van der Waals surface area (Å²) < 4.78 is 5.69. The molecule has 1 aliphatic rings. The minimum atomic E-state index is -0.956. The van der Waals surface area contributed by atoms with Crippen LogP contribution in [0.15, 0.2) is 54.6 Å². The van der Waals surface area contributed by atoms with Gasteiger partial charge in [-0.2, -0.15) is 0 Å². The molecule has 0 aromatic heterocycles. The van der Waals surface area contributed by atoms with Crippen molar-refractivity contribution in [2.24, 2.45) is 5.41 Å². The number of hydrogen-bond donors (Lipinski definition) is 2. The highest BCUT2D eigenvalue weighted by molar-refractivity contribution is 6.03. The second-order valence-corrected chi connectivity index (χ2v) is 8.04. The standard InChI is InChI=1S/C25H30N2O5/c1-4-20(18-10-8-7-9-11-18)26-24(31)27-22(30)25(5-2,6-3)23(27)32-21(29)16-17-12-14-19(28)15-13-17/h7-15,20,23,28H,4-6,16H2,1-3H3,(H,26,31)/t20-,23?/m1/s1. The molecular weight excluding hydrogens is 408 g/mol. The number of imide groups is 1. The third-order valence-corrected chi connectivity index (χ3v) is 6.27. The number of likely N-dealkylation sites (tertiary alicyclic amines) is 1. The van der Waals surface area contributed by atoms with Crippen molar-refractivity contribution >= 4 is 17.9 Å². The summed E-state index contributed by atoms with van der Waals surface area (Å²) in [5.74, 6) is -0.757. The van der Waals surface area contributed by atoms with Crippen LogP contribution >= 0.6 is 0 Å². The third-order valence-electron chi connectivity index (χ3n) is 6.27. The minimum Gasteiger partial charge on any atom is -0.508 e. The third kappa shape index (κ3) is 4.47. The summed E-state index contributed by atoms with van der Waals surface area (Å²) in [6.07, 6.45) is 0.586. The van der Waals surface area contributed by atoms with Crippen LogP contribution in [0.3, 0.4) is 0 Å². The lowest BCUT2D eigenvalue weighted by Crippen LogP contribution is -2.73. The molecule has 7 heteroatoms. The zero-order chi connectivity index (χ0) is 23.3. The fourth-order valence-electron chi connectivity index (χ4n) is 4.17. The zero-order valence-corrected chi connectivity index (χ0v) is 18.7. The number of amides is 3. The first-order valence-corrected chi connectivity index (χ1v) is 11.0. The van der Waals surface area contributed by atoms with Gasteiger partial charge in [0.25, 0.3) is 0 Å². The van der Waals surface area contributed by atoms with E-state index in [0.29, 0.717) is 24.8 Å². The monoisotopic (exact) mass is 438 g/mol. The highest BCUT2D eigenvalue weighted by atomic mass is 16.6. The van der Waals surface area contributed by atoms with Crippen LogP contribution in [0.5, 0.6) is 5.75 Å². The van der Waals surface area contributed by atoms with Crippen molar-refractivity contribution in [3.63, 3.8) is 0 Å². The molecule has 7 nitrogen and oxygen atoms in total. The average Bonchev–Trinajstić information content (AvgIpc) is 2.80. The van der Waals surface area contributed by atoms with Crippen LogP contribution in [0.1, 0.15) is 57.2 Å². The van der Waals surface area contributed by atoms with Crippen molar-refractivity contribution in [1.29, 1.82) is 0 Å². The molecule has 3 rings (SSSR count). The van der Waals surface area contributed by atoms with Crippen LogP contribution in [0.25, 0.3) is 0 Å². The van der Waals surface area contributed by atoms with E-state index in [2.05, 4.69) is 5.32 Å². The average molecular weight is 439 g/mol. The summed E-state index contributed by atoms with van der Waals surface area (Å²) >= 11 is 0. The van der Waals surface area contributed by atoms with E-state index in [-0.39, 0.29) is 24.1 Å². The van der Waals surface area contributed by atoms with Crippen LogP contribution in [0.2, 0.25) is 0 Å². The first kappa shape index (κ1) is 23.3. The van der Waals surface area contributed by atoms with Gasteiger partial charge in [-0.25, -0.2) is 9.69 Å². The molecule has 0 bridgehead atoms. The smallest absolute Gasteiger partial charge is 0.327 e. The maximum Gasteiger partial charge on any atom is 0.327 e. The molecule has 2 N–H and O–H groups in total. The molecular formula is C25H30N2O5. The van der Waals surface area contributed by atoms with Crippen molar-refractivity contribution in [2.75, 3.05) is 0 Å². The van der Waals surface area contributed by atoms with E-state index < -0.39 is 23.6 Å². The Labute approximate surface area is 188 Å². The Hall–Kier alpha value is -3.35. The maximum absolute atomic E-state index is 13.1. The van der Waals surface area contributed by atoms with Crippen LogP contribution in [0.4, 0.5) is 4.79 Å². The number of rotatable bonds is 8. The molecule has 170 valence electrons. The summed E-state index contributed by atoms with van der Waals surface area (Å²) in [6, 6.07) is 15.0. The first-order valence-electron chi connectivity index (χ1n) is 11.0. The Bertz CT molecular complexity index is 954. The van der Waals surface area contributed by atoms with Crippen molar-refractivity contribution in [1.82, 2.24) is 10.2 Å². The van der Waals surface area contributed by atoms with E-state index in [1.54, 1.807) is 12.1 Å². The summed E-state index contributed by atoms with van der Waals surface area (Å²) in [5, 5.41) is 12.3.